The average molecular weight is 884 g/mol. The van der Waals surface area contributed by atoms with Crippen molar-refractivity contribution in [3.05, 3.63) is 72.9 Å². The zero-order valence-electron chi connectivity index (χ0n) is 40.9. The maximum absolute atomic E-state index is 12.7. The standard InChI is InChI=1S/C54H93NO8/c1-6-8-10-12-13-14-15-16-17-18-19-20-21-22-23-24-25-26-27-28-29-30-31-32-33-34-35-36-37-38-39-41-43-45-52(57)63-50(48-61-51(56)44-42-40-11-9-7-2)49-62-54(53(58)59)60-47-46-55(3,4)5/h8,10,13-14,16-17,19-20,22-23,25-26,50,54H,6-7,9,11-12,15,18,21,24,27-49H2,1-5H3/b10-8-,14-13-,17-16-,20-19-,23-22-,26-25-. The molecule has 0 spiro atoms. The Kier molecular flexibility index (Phi) is 43.0. The number of unbranched alkanes of at least 4 members (excludes halogenated alkanes) is 18. The highest BCUT2D eigenvalue weighted by Crippen LogP contribution is 2.15. The summed E-state index contributed by atoms with van der Waals surface area (Å²) in [7, 11) is 5.90. The van der Waals surface area contributed by atoms with Crippen LogP contribution in [-0.4, -0.2) is 82.3 Å². The summed E-state index contributed by atoms with van der Waals surface area (Å²) >= 11 is 0. The molecular formula is C54H93NO8. The van der Waals surface area contributed by atoms with Gasteiger partial charge in [0.15, 0.2) is 12.4 Å². The molecule has 63 heavy (non-hydrogen) atoms. The first-order valence-corrected chi connectivity index (χ1v) is 25.1. The van der Waals surface area contributed by atoms with Crippen molar-refractivity contribution in [1.29, 1.82) is 0 Å². The summed E-state index contributed by atoms with van der Waals surface area (Å²) in [6.45, 7) is 4.52. The molecule has 362 valence electrons. The van der Waals surface area contributed by atoms with E-state index in [9.17, 15) is 19.5 Å². The Balaban J connectivity index is 3.99. The first-order valence-electron chi connectivity index (χ1n) is 25.1. The summed E-state index contributed by atoms with van der Waals surface area (Å²) in [6, 6.07) is 0. The van der Waals surface area contributed by atoms with Crippen molar-refractivity contribution in [2.45, 2.75) is 206 Å². The molecule has 0 aromatic heterocycles. The maximum Gasteiger partial charge on any atom is 0.306 e. The smallest absolute Gasteiger partial charge is 0.306 e. The van der Waals surface area contributed by atoms with Gasteiger partial charge in [0.25, 0.3) is 0 Å². The Hall–Kier alpha value is -3.27. The van der Waals surface area contributed by atoms with Gasteiger partial charge in [-0.05, 0) is 64.2 Å². The summed E-state index contributed by atoms with van der Waals surface area (Å²) in [6.07, 6.45) is 54.3. The van der Waals surface area contributed by atoms with Crippen LogP contribution < -0.4 is 5.11 Å². The number of carbonyl (C=O) groups excluding carboxylic acids is 3. The molecule has 9 nitrogen and oxygen atoms in total. The lowest BCUT2D eigenvalue weighted by Crippen LogP contribution is -2.44. The number of ether oxygens (including phenoxy) is 4. The molecule has 9 heteroatoms. The predicted octanol–water partition coefficient (Wildman–Crippen LogP) is 12.6. The molecule has 2 atom stereocenters. The SMILES string of the molecule is CC/C=C\C/C=C\C/C=C\C/C=C\C/C=C\C/C=C\CCCCCCCCCCCCCCCCC(=O)OC(COC(=O)CCCCCCC)COC(OCC[N+](C)(C)C)C(=O)[O-]. The van der Waals surface area contributed by atoms with E-state index in [0.29, 0.717) is 17.4 Å². The molecule has 0 aliphatic rings. The molecule has 0 rings (SSSR count). The molecule has 0 N–H and O–H groups in total. The van der Waals surface area contributed by atoms with Crippen LogP contribution in [-0.2, 0) is 33.3 Å². The number of esters is 2. The first-order chi connectivity index (χ1) is 30.6. The van der Waals surface area contributed by atoms with Crippen LogP contribution in [0.25, 0.3) is 0 Å². The number of carboxylic acid groups (broad SMARTS) is 1. The Morgan fingerprint density at radius 2 is 0.905 bits per heavy atom. The van der Waals surface area contributed by atoms with Crippen LogP contribution in [0.2, 0.25) is 0 Å². The number of allylic oxidation sites excluding steroid dienone is 12. The van der Waals surface area contributed by atoms with Crippen molar-refractivity contribution >= 4 is 17.9 Å². The first kappa shape index (κ1) is 59.7. The number of carbonyl (C=O) groups is 3. The number of hydrogen-bond donors (Lipinski definition) is 0. The number of carboxylic acids is 1. The molecular weight excluding hydrogens is 791 g/mol. The van der Waals surface area contributed by atoms with E-state index in [1.54, 1.807) is 0 Å². The Bertz CT molecular complexity index is 1260. The molecule has 0 aromatic carbocycles. The van der Waals surface area contributed by atoms with E-state index in [4.69, 9.17) is 18.9 Å². The van der Waals surface area contributed by atoms with E-state index in [-0.39, 0.29) is 38.6 Å². The molecule has 0 aliphatic heterocycles. The van der Waals surface area contributed by atoms with Crippen molar-refractivity contribution in [3.63, 3.8) is 0 Å². The van der Waals surface area contributed by atoms with E-state index in [1.807, 2.05) is 21.1 Å². The number of rotatable bonds is 45. The fraction of sp³-hybridized carbons (Fsp3) is 0.722. The van der Waals surface area contributed by atoms with Gasteiger partial charge in [-0.15, -0.1) is 0 Å². The number of likely N-dealkylation sites (N-methyl/N-ethyl adjacent to an activating group) is 1. The summed E-state index contributed by atoms with van der Waals surface area (Å²) in [5.41, 5.74) is 0. The molecule has 0 amide bonds. The van der Waals surface area contributed by atoms with Crippen molar-refractivity contribution in [3.8, 4) is 0 Å². The molecule has 0 heterocycles. The molecule has 2 unspecified atom stereocenters. The van der Waals surface area contributed by atoms with Crippen LogP contribution in [0.1, 0.15) is 194 Å². The quantitative estimate of drug-likeness (QED) is 0.0195. The second-order valence-electron chi connectivity index (χ2n) is 17.7. The number of hydrogen-bond acceptors (Lipinski definition) is 8. The predicted molar refractivity (Wildman–Crippen MR) is 260 cm³/mol. The maximum atomic E-state index is 12.7. The van der Waals surface area contributed by atoms with Gasteiger partial charge in [-0.3, -0.25) is 9.59 Å². The van der Waals surface area contributed by atoms with Gasteiger partial charge in [0.2, 0.25) is 0 Å². The van der Waals surface area contributed by atoms with E-state index < -0.39 is 24.3 Å². The summed E-state index contributed by atoms with van der Waals surface area (Å²) in [4.78, 5) is 36.7. The Morgan fingerprint density at radius 1 is 0.492 bits per heavy atom. The van der Waals surface area contributed by atoms with Gasteiger partial charge < -0.3 is 33.3 Å². The van der Waals surface area contributed by atoms with Crippen LogP contribution in [0.4, 0.5) is 0 Å². The minimum atomic E-state index is -1.62. The van der Waals surface area contributed by atoms with Gasteiger partial charge in [0.1, 0.15) is 13.2 Å². The van der Waals surface area contributed by atoms with E-state index >= 15 is 0 Å². The highest BCUT2D eigenvalue weighted by Gasteiger charge is 2.21. The van der Waals surface area contributed by atoms with Gasteiger partial charge in [-0.25, -0.2) is 0 Å². The lowest BCUT2D eigenvalue weighted by molar-refractivity contribution is -0.870. The van der Waals surface area contributed by atoms with E-state index in [2.05, 4.69) is 86.8 Å². The van der Waals surface area contributed by atoms with Gasteiger partial charge >= 0.3 is 11.9 Å². The molecule has 0 aromatic rings. The van der Waals surface area contributed by atoms with Gasteiger partial charge in [-0.1, -0.05) is 189 Å². The van der Waals surface area contributed by atoms with Crippen molar-refractivity contribution < 1.29 is 42.9 Å². The summed E-state index contributed by atoms with van der Waals surface area (Å²) in [5.74, 6) is -2.30. The van der Waals surface area contributed by atoms with Crippen molar-refractivity contribution in [2.75, 3.05) is 47.5 Å². The molecule has 0 aliphatic carbocycles. The fourth-order valence-electron chi connectivity index (χ4n) is 6.60. The van der Waals surface area contributed by atoms with E-state index in [1.165, 1.54) is 70.6 Å². The zero-order valence-corrected chi connectivity index (χ0v) is 40.9. The fourth-order valence-corrected chi connectivity index (χ4v) is 6.60. The van der Waals surface area contributed by atoms with Crippen molar-refractivity contribution in [2.24, 2.45) is 0 Å². The molecule has 0 radical (unpaired) electrons. The normalized spacial score (nSPS) is 13.5. The molecule has 0 saturated carbocycles. The Labute approximate surface area is 386 Å². The highest BCUT2D eigenvalue weighted by atomic mass is 16.7. The third kappa shape index (κ3) is 46.5. The average Bonchev–Trinajstić information content (AvgIpc) is 3.24. The summed E-state index contributed by atoms with van der Waals surface area (Å²) in [5, 5.41) is 11.6. The highest BCUT2D eigenvalue weighted by molar-refractivity contribution is 5.70. The van der Waals surface area contributed by atoms with Gasteiger partial charge in [0, 0.05) is 12.8 Å². The van der Waals surface area contributed by atoms with Crippen LogP contribution in [0.15, 0.2) is 72.9 Å². The van der Waals surface area contributed by atoms with Crippen LogP contribution in [0.3, 0.4) is 0 Å². The summed E-state index contributed by atoms with van der Waals surface area (Å²) < 4.78 is 22.4. The molecule has 0 bridgehead atoms. The lowest BCUT2D eigenvalue weighted by atomic mass is 10.0. The Morgan fingerprint density at radius 3 is 1.35 bits per heavy atom. The molecule has 0 saturated heterocycles. The minimum absolute atomic E-state index is 0.146. The van der Waals surface area contributed by atoms with Crippen LogP contribution >= 0.6 is 0 Å². The number of nitrogens with zero attached hydrogens (tertiary/aromatic N) is 1. The molecule has 0 fully saturated rings. The van der Waals surface area contributed by atoms with Crippen molar-refractivity contribution in [1.82, 2.24) is 0 Å². The monoisotopic (exact) mass is 884 g/mol. The minimum Gasteiger partial charge on any atom is -0.545 e. The number of quaternary nitrogens is 1. The van der Waals surface area contributed by atoms with Gasteiger partial charge in [0.05, 0.1) is 40.3 Å². The van der Waals surface area contributed by atoms with Crippen LogP contribution in [0.5, 0.6) is 0 Å². The van der Waals surface area contributed by atoms with Gasteiger partial charge in [-0.2, -0.15) is 0 Å². The van der Waals surface area contributed by atoms with Crippen LogP contribution in [0, 0.1) is 0 Å². The lowest BCUT2D eigenvalue weighted by Gasteiger charge is -2.26. The topological polar surface area (TPSA) is 111 Å². The third-order valence-electron chi connectivity index (χ3n) is 10.5. The second-order valence-corrected chi connectivity index (χ2v) is 17.7. The largest absolute Gasteiger partial charge is 0.545 e. The second kappa shape index (κ2) is 45.3. The number of aliphatic carboxylic acids is 1. The third-order valence-corrected chi connectivity index (χ3v) is 10.5. The zero-order chi connectivity index (χ0) is 46.3. The van der Waals surface area contributed by atoms with E-state index in [0.717, 1.165) is 89.9 Å².